The molecule has 0 saturated heterocycles. The van der Waals surface area contributed by atoms with Gasteiger partial charge in [0, 0.05) is 56.1 Å². The maximum Gasteiger partial charge on any atom is 0.227 e. The van der Waals surface area contributed by atoms with E-state index in [0.29, 0.717) is 5.89 Å². The summed E-state index contributed by atoms with van der Waals surface area (Å²) >= 11 is 0. The summed E-state index contributed by atoms with van der Waals surface area (Å²) < 4.78 is 12.3. The lowest BCUT2D eigenvalue weighted by atomic mass is 9.82. The van der Waals surface area contributed by atoms with Crippen molar-refractivity contribution in [3.63, 3.8) is 0 Å². The Bertz CT molecular complexity index is 2850. The second-order valence-electron chi connectivity index (χ2n) is 15.7. The van der Waals surface area contributed by atoms with Crippen LogP contribution >= 0.6 is 0 Å². The first-order chi connectivity index (χ1) is 29.0. The first kappa shape index (κ1) is 34.6. The Balaban J connectivity index is 0.950. The minimum absolute atomic E-state index is 0.261. The lowest BCUT2D eigenvalue weighted by molar-refractivity contribution is 0.620. The molecule has 1 aliphatic rings. The monoisotopic (exact) mass is 761 g/mol. The first-order valence-corrected chi connectivity index (χ1v) is 20.0. The fraction of sp³-hybridized carbons (Fsp3) is 0.0556. The van der Waals surface area contributed by atoms with Crippen LogP contribution in [0.15, 0.2) is 209 Å². The van der Waals surface area contributed by atoms with E-state index in [2.05, 4.69) is 181 Å². The second-order valence-corrected chi connectivity index (χ2v) is 15.7. The van der Waals surface area contributed by atoms with E-state index in [4.69, 9.17) is 13.8 Å². The van der Waals surface area contributed by atoms with E-state index in [0.717, 1.165) is 73.1 Å². The summed E-state index contributed by atoms with van der Waals surface area (Å²) in [6.45, 7) is 4.70. The maximum atomic E-state index is 6.21. The molecule has 2 heterocycles. The van der Waals surface area contributed by atoms with Gasteiger partial charge in [0.15, 0.2) is 5.58 Å². The Kier molecular flexibility index (Phi) is 8.09. The van der Waals surface area contributed by atoms with Crippen LogP contribution in [-0.4, -0.2) is 4.98 Å². The number of benzene rings is 8. The number of rotatable bonds is 8. The summed E-state index contributed by atoms with van der Waals surface area (Å²) in [5.41, 5.74) is 15.9. The van der Waals surface area contributed by atoms with E-state index >= 15 is 0 Å². The quantitative estimate of drug-likeness (QED) is 0.154. The molecular weight excluding hydrogens is 723 g/mol. The third kappa shape index (κ3) is 5.98. The number of hydrogen-bond donors (Lipinski definition) is 0. The van der Waals surface area contributed by atoms with Crippen LogP contribution in [0.5, 0.6) is 0 Å². The second kappa shape index (κ2) is 13.8. The van der Waals surface area contributed by atoms with Crippen molar-refractivity contribution in [3.8, 4) is 33.9 Å². The van der Waals surface area contributed by atoms with Gasteiger partial charge < -0.3 is 18.6 Å². The van der Waals surface area contributed by atoms with Crippen LogP contribution in [0.25, 0.3) is 56.0 Å². The van der Waals surface area contributed by atoms with Crippen LogP contribution in [0, 0.1) is 0 Å². The number of hydrogen-bond acceptors (Lipinski definition) is 5. The molecule has 0 saturated carbocycles. The Morgan fingerprint density at radius 2 is 0.881 bits per heavy atom. The van der Waals surface area contributed by atoms with Gasteiger partial charge in [0.1, 0.15) is 16.9 Å². The summed E-state index contributed by atoms with van der Waals surface area (Å²) in [6, 6.07) is 70.4. The number of nitrogens with zero attached hydrogens (tertiary/aromatic N) is 3. The molecule has 0 N–H and O–H groups in total. The van der Waals surface area contributed by atoms with Crippen molar-refractivity contribution in [2.24, 2.45) is 0 Å². The average molecular weight is 762 g/mol. The lowest BCUT2D eigenvalue weighted by Gasteiger charge is -2.29. The van der Waals surface area contributed by atoms with Crippen molar-refractivity contribution in [1.29, 1.82) is 0 Å². The predicted octanol–water partition coefficient (Wildman–Crippen LogP) is 15.2. The number of anilines is 6. The number of aromatic nitrogens is 1. The van der Waals surface area contributed by atoms with Crippen LogP contribution in [0.2, 0.25) is 0 Å². The summed E-state index contributed by atoms with van der Waals surface area (Å²) in [7, 11) is 0. The largest absolute Gasteiger partial charge is 0.456 e. The maximum absolute atomic E-state index is 6.21. The molecule has 0 unspecified atom stereocenters. The van der Waals surface area contributed by atoms with Crippen molar-refractivity contribution in [3.05, 3.63) is 211 Å². The smallest absolute Gasteiger partial charge is 0.227 e. The minimum atomic E-state index is -0.261. The zero-order valence-electron chi connectivity index (χ0n) is 32.7. The van der Waals surface area contributed by atoms with Gasteiger partial charge in [-0.15, -0.1) is 0 Å². The molecule has 0 atom stereocenters. The normalized spacial score (nSPS) is 12.7. The number of oxazole rings is 1. The van der Waals surface area contributed by atoms with Crippen LogP contribution < -0.4 is 9.80 Å². The van der Waals surface area contributed by atoms with Gasteiger partial charge in [0.2, 0.25) is 5.89 Å². The molecule has 0 fully saturated rings. The topological polar surface area (TPSA) is 45.7 Å². The van der Waals surface area contributed by atoms with E-state index in [1.165, 1.54) is 22.3 Å². The standard InChI is InChI=1S/C54H39N3O2/c1-54(2)47-34-43(56(39-14-5-3-6-15-39)41-25-21-36(22-26-41)52-33-38-13-9-11-19-50(38)58-52)29-31-45(47)46-32-30-44(35-48(46)54)57(40-16-7-4-8-17-40)42-27-23-37(24-28-42)53-55-49-18-10-12-20-51(49)59-53/h3-35H,1-2H3. The molecule has 2 aromatic heterocycles. The van der Waals surface area contributed by atoms with Gasteiger partial charge >= 0.3 is 0 Å². The van der Waals surface area contributed by atoms with Crippen LogP contribution in [0.3, 0.4) is 0 Å². The molecule has 59 heavy (non-hydrogen) atoms. The van der Waals surface area contributed by atoms with Gasteiger partial charge in [0.05, 0.1) is 0 Å². The molecule has 8 aromatic carbocycles. The molecule has 0 amide bonds. The summed E-state index contributed by atoms with van der Waals surface area (Å²) in [4.78, 5) is 9.40. The van der Waals surface area contributed by atoms with E-state index in [1.807, 2.05) is 42.5 Å². The number of fused-ring (bicyclic) bond motifs is 5. The fourth-order valence-corrected chi connectivity index (χ4v) is 8.69. The van der Waals surface area contributed by atoms with Crippen molar-refractivity contribution >= 4 is 56.2 Å². The molecule has 1 aliphatic carbocycles. The SMILES string of the molecule is CC1(C)c2cc(N(c3ccccc3)c3ccc(-c4cc5ccccc5o4)cc3)ccc2-c2ccc(N(c3ccccc3)c3ccc(-c4nc5ccccc5o4)cc3)cc21. The van der Waals surface area contributed by atoms with Gasteiger partial charge in [-0.25, -0.2) is 4.98 Å². The van der Waals surface area contributed by atoms with Crippen LogP contribution in [-0.2, 0) is 5.41 Å². The average Bonchev–Trinajstić information content (AvgIpc) is 3.98. The van der Waals surface area contributed by atoms with Crippen LogP contribution in [0.1, 0.15) is 25.0 Å². The van der Waals surface area contributed by atoms with Gasteiger partial charge in [-0.1, -0.05) is 92.7 Å². The Morgan fingerprint density at radius 1 is 0.407 bits per heavy atom. The van der Waals surface area contributed by atoms with Crippen molar-refractivity contribution in [2.45, 2.75) is 19.3 Å². The first-order valence-electron chi connectivity index (χ1n) is 20.0. The number of furan rings is 1. The summed E-state index contributed by atoms with van der Waals surface area (Å²) in [5.74, 6) is 1.48. The van der Waals surface area contributed by atoms with Crippen LogP contribution in [0.4, 0.5) is 34.1 Å². The molecule has 0 spiro atoms. The van der Waals surface area contributed by atoms with E-state index in [9.17, 15) is 0 Å². The van der Waals surface area contributed by atoms with E-state index in [1.54, 1.807) is 0 Å². The lowest BCUT2D eigenvalue weighted by Crippen LogP contribution is -2.17. The molecule has 10 aromatic rings. The minimum Gasteiger partial charge on any atom is -0.456 e. The zero-order valence-corrected chi connectivity index (χ0v) is 32.7. The summed E-state index contributed by atoms with van der Waals surface area (Å²) in [6.07, 6.45) is 0. The molecule has 0 aliphatic heterocycles. The highest BCUT2D eigenvalue weighted by molar-refractivity contribution is 5.89. The Labute approximate surface area is 343 Å². The highest BCUT2D eigenvalue weighted by Crippen LogP contribution is 2.52. The molecule has 5 nitrogen and oxygen atoms in total. The third-order valence-electron chi connectivity index (χ3n) is 11.7. The van der Waals surface area contributed by atoms with Gasteiger partial charge in [-0.05, 0) is 144 Å². The molecule has 282 valence electrons. The van der Waals surface area contributed by atoms with Crippen molar-refractivity contribution in [1.82, 2.24) is 4.98 Å². The molecule has 11 rings (SSSR count). The fourth-order valence-electron chi connectivity index (χ4n) is 8.69. The Hall–Kier alpha value is -7.63. The summed E-state index contributed by atoms with van der Waals surface area (Å²) in [5, 5.41) is 1.10. The molecular formula is C54H39N3O2. The van der Waals surface area contributed by atoms with Gasteiger partial charge in [-0.2, -0.15) is 0 Å². The Morgan fingerprint density at radius 3 is 1.44 bits per heavy atom. The van der Waals surface area contributed by atoms with Crippen molar-refractivity contribution in [2.75, 3.05) is 9.80 Å². The van der Waals surface area contributed by atoms with Gasteiger partial charge in [0.25, 0.3) is 0 Å². The highest BCUT2D eigenvalue weighted by Gasteiger charge is 2.37. The molecule has 0 radical (unpaired) electrons. The predicted molar refractivity (Wildman–Crippen MR) is 242 cm³/mol. The third-order valence-corrected chi connectivity index (χ3v) is 11.7. The van der Waals surface area contributed by atoms with E-state index in [-0.39, 0.29) is 5.41 Å². The van der Waals surface area contributed by atoms with Gasteiger partial charge in [-0.3, -0.25) is 0 Å². The van der Waals surface area contributed by atoms with E-state index < -0.39 is 0 Å². The highest BCUT2D eigenvalue weighted by atomic mass is 16.3. The van der Waals surface area contributed by atoms with Crippen molar-refractivity contribution < 1.29 is 8.83 Å². The molecule has 0 bridgehead atoms. The zero-order chi connectivity index (χ0) is 39.5. The molecule has 5 heteroatoms. The number of para-hydroxylation sites is 5.